The summed E-state index contributed by atoms with van der Waals surface area (Å²) in [5.74, 6) is 0.289. The first-order valence-corrected chi connectivity index (χ1v) is 12.3. The van der Waals surface area contributed by atoms with Gasteiger partial charge in [0.25, 0.3) is 0 Å². The molecule has 11 heteroatoms. The smallest absolute Gasteiger partial charge is 0.321 e. The molecule has 9 nitrogen and oxygen atoms in total. The van der Waals surface area contributed by atoms with E-state index >= 15 is 0 Å². The molecule has 28 heavy (non-hydrogen) atoms. The molecule has 1 aliphatic carbocycles. The molecule has 1 aromatic rings. The minimum absolute atomic E-state index is 0.0303. The van der Waals surface area contributed by atoms with Gasteiger partial charge in [-0.15, -0.1) is 10.2 Å². The van der Waals surface area contributed by atoms with Gasteiger partial charge in [-0.2, -0.15) is 4.31 Å². The van der Waals surface area contributed by atoms with Gasteiger partial charge < -0.3 is 10.1 Å². The molecule has 0 aromatic carbocycles. The molecule has 1 aromatic heterocycles. The van der Waals surface area contributed by atoms with Crippen molar-refractivity contribution < 1.29 is 17.9 Å². The molecule has 2 amide bonds. The van der Waals surface area contributed by atoms with E-state index in [0.717, 1.165) is 17.8 Å². The number of hydrogen-bond donors (Lipinski definition) is 2. The van der Waals surface area contributed by atoms with Crippen molar-refractivity contribution >= 4 is 32.5 Å². The molecule has 1 saturated carbocycles. The Bertz CT molecular complexity index is 753. The van der Waals surface area contributed by atoms with Gasteiger partial charge in [0, 0.05) is 25.6 Å². The van der Waals surface area contributed by atoms with E-state index in [1.165, 1.54) is 34.9 Å². The summed E-state index contributed by atoms with van der Waals surface area (Å²) in [6.07, 6.45) is 5.67. The fourth-order valence-electron chi connectivity index (χ4n) is 3.72. The lowest BCUT2D eigenvalue weighted by Crippen LogP contribution is -2.49. The van der Waals surface area contributed by atoms with Gasteiger partial charge in [-0.05, 0) is 26.7 Å². The largest absolute Gasteiger partial charge is 0.373 e. The SMILES string of the molecule is CC1CN(S(=O)(=O)CCNC(=O)Nc2nnc(C3CCCCC3)s2)CC(C)O1. The highest BCUT2D eigenvalue weighted by atomic mass is 32.2. The molecule has 158 valence electrons. The van der Waals surface area contributed by atoms with Crippen molar-refractivity contribution in [3.8, 4) is 0 Å². The number of sulfonamides is 1. The predicted octanol–water partition coefficient (Wildman–Crippen LogP) is 2.15. The van der Waals surface area contributed by atoms with E-state index in [1.807, 2.05) is 13.8 Å². The third kappa shape index (κ3) is 5.85. The zero-order chi connectivity index (χ0) is 20.1. The summed E-state index contributed by atoms with van der Waals surface area (Å²) >= 11 is 1.40. The second-order valence-electron chi connectivity index (χ2n) is 7.55. The van der Waals surface area contributed by atoms with Crippen molar-refractivity contribution in [3.05, 3.63) is 5.01 Å². The highest BCUT2D eigenvalue weighted by molar-refractivity contribution is 7.89. The molecule has 0 bridgehead atoms. The normalized spacial score (nSPS) is 24.8. The number of ether oxygens (including phenoxy) is 1. The minimum Gasteiger partial charge on any atom is -0.373 e. The highest BCUT2D eigenvalue weighted by Crippen LogP contribution is 2.35. The summed E-state index contributed by atoms with van der Waals surface area (Å²) in [6, 6.07) is -0.467. The van der Waals surface area contributed by atoms with Crippen molar-refractivity contribution in [1.82, 2.24) is 19.8 Å². The number of rotatable bonds is 6. The number of nitrogens with zero attached hydrogens (tertiary/aromatic N) is 3. The van der Waals surface area contributed by atoms with Crippen LogP contribution in [0.2, 0.25) is 0 Å². The second kappa shape index (κ2) is 9.47. The average Bonchev–Trinajstić information content (AvgIpc) is 3.10. The third-order valence-electron chi connectivity index (χ3n) is 5.04. The summed E-state index contributed by atoms with van der Waals surface area (Å²) in [5.41, 5.74) is 0. The van der Waals surface area contributed by atoms with Crippen LogP contribution in [0.4, 0.5) is 9.93 Å². The quantitative estimate of drug-likeness (QED) is 0.713. The Morgan fingerprint density at radius 3 is 2.54 bits per heavy atom. The Labute approximate surface area is 170 Å². The van der Waals surface area contributed by atoms with Crippen LogP contribution in [0.3, 0.4) is 0 Å². The van der Waals surface area contributed by atoms with Gasteiger partial charge in [0.15, 0.2) is 0 Å². The third-order valence-corrected chi connectivity index (χ3v) is 7.85. The fourth-order valence-corrected chi connectivity index (χ4v) is 6.12. The van der Waals surface area contributed by atoms with Gasteiger partial charge in [0.1, 0.15) is 5.01 Å². The van der Waals surface area contributed by atoms with E-state index in [4.69, 9.17) is 4.74 Å². The van der Waals surface area contributed by atoms with Crippen molar-refractivity contribution in [2.45, 2.75) is 64.1 Å². The maximum absolute atomic E-state index is 12.5. The Morgan fingerprint density at radius 2 is 1.86 bits per heavy atom. The number of aromatic nitrogens is 2. The lowest BCUT2D eigenvalue weighted by Gasteiger charge is -2.34. The molecule has 1 saturated heterocycles. The molecule has 1 aliphatic heterocycles. The molecule has 3 rings (SSSR count). The number of carbonyl (C=O) groups excluding carboxylic acids is 1. The van der Waals surface area contributed by atoms with Gasteiger partial charge in [0.2, 0.25) is 15.2 Å². The molecule has 2 heterocycles. The summed E-state index contributed by atoms with van der Waals surface area (Å²) in [4.78, 5) is 12.1. The zero-order valence-corrected chi connectivity index (χ0v) is 18.0. The second-order valence-corrected chi connectivity index (χ2v) is 10.6. The van der Waals surface area contributed by atoms with Crippen LogP contribution in [0, 0.1) is 0 Å². The summed E-state index contributed by atoms with van der Waals surface area (Å²) < 4.78 is 32.0. The number of nitrogens with one attached hydrogen (secondary N) is 2. The zero-order valence-electron chi connectivity index (χ0n) is 16.4. The number of anilines is 1. The lowest BCUT2D eigenvalue weighted by molar-refractivity contribution is -0.0440. The fraction of sp³-hybridized carbons (Fsp3) is 0.824. The van der Waals surface area contributed by atoms with E-state index in [2.05, 4.69) is 20.8 Å². The van der Waals surface area contributed by atoms with Gasteiger partial charge in [-0.25, -0.2) is 13.2 Å². The first-order chi connectivity index (χ1) is 13.3. The summed E-state index contributed by atoms with van der Waals surface area (Å²) in [6.45, 7) is 4.42. The summed E-state index contributed by atoms with van der Waals surface area (Å²) in [7, 11) is -3.44. The maximum atomic E-state index is 12.5. The number of morpholine rings is 1. The standard InChI is InChI=1S/C17H29N5O4S2/c1-12-10-22(11-13(2)26-12)28(24,25)9-8-18-16(23)19-17-21-20-15(27-17)14-6-4-3-5-7-14/h12-14H,3-11H2,1-2H3,(H2,18,19,21,23). The van der Waals surface area contributed by atoms with Crippen molar-refractivity contribution in [2.75, 3.05) is 30.7 Å². The first-order valence-electron chi connectivity index (χ1n) is 9.85. The number of amides is 2. The number of urea groups is 1. The molecule has 2 fully saturated rings. The van der Waals surface area contributed by atoms with Crippen LogP contribution in [-0.2, 0) is 14.8 Å². The Kier molecular flexibility index (Phi) is 7.24. The number of hydrogen-bond acceptors (Lipinski definition) is 7. The van der Waals surface area contributed by atoms with Crippen LogP contribution in [0.1, 0.15) is 56.9 Å². The molecule has 0 spiro atoms. The van der Waals surface area contributed by atoms with Gasteiger partial charge in [0.05, 0.1) is 18.0 Å². The molecule has 2 N–H and O–H groups in total. The van der Waals surface area contributed by atoms with E-state index in [0.29, 0.717) is 24.1 Å². The van der Waals surface area contributed by atoms with Gasteiger partial charge in [-0.3, -0.25) is 5.32 Å². The molecular formula is C17H29N5O4S2. The van der Waals surface area contributed by atoms with Crippen LogP contribution in [0.5, 0.6) is 0 Å². The Hall–Kier alpha value is -1.30. The van der Waals surface area contributed by atoms with Gasteiger partial charge in [-0.1, -0.05) is 30.6 Å². The molecule has 2 aliphatic rings. The van der Waals surface area contributed by atoms with E-state index in [1.54, 1.807) is 0 Å². The van der Waals surface area contributed by atoms with Crippen molar-refractivity contribution in [1.29, 1.82) is 0 Å². The van der Waals surface area contributed by atoms with Crippen LogP contribution in [0.25, 0.3) is 0 Å². The van der Waals surface area contributed by atoms with E-state index < -0.39 is 16.1 Å². The summed E-state index contributed by atoms with van der Waals surface area (Å²) in [5, 5.41) is 14.9. The van der Waals surface area contributed by atoms with Crippen LogP contribution in [0.15, 0.2) is 0 Å². The maximum Gasteiger partial charge on any atom is 0.321 e. The van der Waals surface area contributed by atoms with Gasteiger partial charge >= 0.3 is 6.03 Å². The Morgan fingerprint density at radius 1 is 1.18 bits per heavy atom. The Balaban J connectivity index is 1.43. The molecular weight excluding hydrogens is 402 g/mol. The van der Waals surface area contributed by atoms with E-state index in [9.17, 15) is 13.2 Å². The topological polar surface area (TPSA) is 114 Å². The average molecular weight is 432 g/mol. The van der Waals surface area contributed by atoms with Crippen LogP contribution < -0.4 is 10.6 Å². The molecule has 2 unspecified atom stereocenters. The van der Waals surface area contributed by atoms with Crippen molar-refractivity contribution in [2.24, 2.45) is 0 Å². The highest BCUT2D eigenvalue weighted by Gasteiger charge is 2.30. The van der Waals surface area contributed by atoms with E-state index in [-0.39, 0.29) is 24.5 Å². The van der Waals surface area contributed by atoms with Crippen molar-refractivity contribution in [3.63, 3.8) is 0 Å². The lowest BCUT2D eigenvalue weighted by atomic mass is 9.90. The predicted molar refractivity (Wildman–Crippen MR) is 108 cm³/mol. The monoisotopic (exact) mass is 431 g/mol. The van der Waals surface area contributed by atoms with Crippen LogP contribution >= 0.6 is 11.3 Å². The van der Waals surface area contributed by atoms with Crippen LogP contribution in [-0.4, -0.2) is 66.5 Å². The molecule has 2 atom stereocenters. The number of carbonyl (C=O) groups is 1. The minimum atomic E-state index is -3.44. The first kappa shape index (κ1) is 21.4. The molecule has 0 radical (unpaired) electrons.